The third-order valence-corrected chi connectivity index (χ3v) is 3.06. The molecule has 0 radical (unpaired) electrons. The van der Waals surface area contributed by atoms with Gasteiger partial charge >= 0.3 is 5.97 Å². The molecule has 98 valence electrons. The number of carbonyl (C=O) groups is 2. The van der Waals surface area contributed by atoms with Crippen molar-refractivity contribution >= 4 is 33.8 Å². The van der Waals surface area contributed by atoms with E-state index in [2.05, 4.69) is 15.9 Å². The second-order valence-corrected chi connectivity index (χ2v) is 4.45. The van der Waals surface area contributed by atoms with Crippen LogP contribution in [0.15, 0.2) is 24.3 Å². The lowest BCUT2D eigenvalue weighted by atomic mass is 9.98. The monoisotopic (exact) mass is 321 g/mol. The maximum Gasteiger partial charge on any atom is 0.328 e. The first-order valence-corrected chi connectivity index (χ1v) is 6.66. The molecule has 0 atom stereocenters. The first-order valence-electron chi connectivity index (χ1n) is 5.54. The fourth-order valence-electron chi connectivity index (χ4n) is 1.60. The first kappa shape index (κ1) is 15.1. The lowest BCUT2D eigenvalue weighted by Gasteiger charge is -2.06. The predicted molar refractivity (Wildman–Crippen MR) is 74.9 cm³/mol. The summed E-state index contributed by atoms with van der Waals surface area (Å²) in [5, 5.41) is 17.5. The van der Waals surface area contributed by atoms with Crippen molar-refractivity contribution in [1.29, 1.82) is 5.26 Å². The molecule has 0 aromatic heterocycles. The van der Waals surface area contributed by atoms with Crippen molar-refractivity contribution in [3.8, 4) is 6.07 Å². The standard InChI is InChI=1S/C14H12BrNO3/c15-9-13(17)8-12-7-10(5-6-16)1-2-11(12)3-4-14(18)19/h1-4,7H,5,8-9H2,(H,18,19)/b4-3+. The number of nitrogens with zero attached hydrogens (tertiary/aromatic N) is 1. The van der Waals surface area contributed by atoms with Crippen LogP contribution >= 0.6 is 15.9 Å². The molecule has 0 bridgehead atoms. The number of benzene rings is 1. The fraction of sp³-hybridized carbons (Fsp3) is 0.214. The molecule has 5 heteroatoms. The number of halogens is 1. The van der Waals surface area contributed by atoms with Crippen LogP contribution in [0.1, 0.15) is 16.7 Å². The SMILES string of the molecule is N#CCc1ccc(/C=C/C(=O)O)c(CC(=O)CBr)c1. The molecule has 0 aliphatic heterocycles. The van der Waals surface area contributed by atoms with Gasteiger partial charge in [-0.15, -0.1) is 0 Å². The third kappa shape index (κ3) is 5.06. The summed E-state index contributed by atoms with van der Waals surface area (Å²) in [5.74, 6) is -1.04. The second-order valence-electron chi connectivity index (χ2n) is 3.89. The molecule has 1 N–H and O–H groups in total. The summed E-state index contributed by atoms with van der Waals surface area (Å²) in [4.78, 5) is 22.0. The van der Waals surface area contributed by atoms with Gasteiger partial charge in [-0.2, -0.15) is 5.26 Å². The molecule has 0 saturated heterocycles. The van der Waals surface area contributed by atoms with Gasteiger partial charge in [0.2, 0.25) is 0 Å². The maximum atomic E-state index is 11.5. The van der Waals surface area contributed by atoms with Gasteiger partial charge in [-0.1, -0.05) is 34.1 Å². The van der Waals surface area contributed by atoms with Crippen molar-refractivity contribution < 1.29 is 14.7 Å². The van der Waals surface area contributed by atoms with Gasteiger partial charge in [0.25, 0.3) is 0 Å². The van der Waals surface area contributed by atoms with Crippen LogP contribution in [0.2, 0.25) is 0 Å². The zero-order chi connectivity index (χ0) is 14.3. The van der Waals surface area contributed by atoms with E-state index in [1.54, 1.807) is 18.2 Å². The molecule has 1 aromatic carbocycles. The lowest BCUT2D eigenvalue weighted by Crippen LogP contribution is -2.05. The van der Waals surface area contributed by atoms with Crippen molar-refractivity contribution in [3.05, 3.63) is 41.0 Å². The van der Waals surface area contributed by atoms with Gasteiger partial charge in [-0.3, -0.25) is 4.79 Å². The average Bonchev–Trinajstić information content (AvgIpc) is 2.38. The Labute approximate surface area is 119 Å². The molecular formula is C14H12BrNO3. The van der Waals surface area contributed by atoms with Gasteiger partial charge in [0, 0.05) is 12.5 Å². The fourth-order valence-corrected chi connectivity index (χ4v) is 1.80. The molecule has 0 unspecified atom stereocenters. The number of ketones is 1. The molecule has 0 aliphatic carbocycles. The Balaban J connectivity index is 3.11. The highest BCUT2D eigenvalue weighted by atomic mass is 79.9. The quantitative estimate of drug-likeness (QED) is 0.644. The zero-order valence-electron chi connectivity index (χ0n) is 10.1. The Hall–Kier alpha value is -1.93. The Bertz CT molecular complexity index is 558. The molecule has 0 heterocycles. The van der Waals surface area contributed by atoms with Gasteiger partial charge in [-0.25, -0.2) is 4.79 Å². The van der Waals surface area contributed by atoms with Gasteiger partial charge < -0.3 is 5.11 Å². The van der Waals surface area contributed by atoms with Crippen LogP contribution in [0.5, 0.6) is 0 Å². The molecule has 0 amide bonds. The van der Waals surface area contributed by atoms with Crippen LogP contribution in [0.25, 0.3) is 6.08 Å². The second kappa shape index (κ2) is 7.49. The number of carboxylic acid groups (broad SMARTS) is 1. The number of hydrogen-bond acceptors (Lipinski definition) is 3. The number of rotatable bonds is 6. The summed E-state index contributed by atoms with van der Waals surface area (Å²) in [7, 11) is 0. The Morgan fingerprint density at radius 1 is 1.42 bits per heavy atom. The van der Waals surface area contributed by atoms with Crippen LogP contribution in [0, 0.1) is 11.3 Å². The molecule has 1 rings (SSSR count). The molecule has 1 aromatic rings. The average molecular weight is 322 g/mol. The smallest absolute Gasteiger partial charge is 0.328 e. The maximum absolute atomic E-state index is 11.5. The van der Waals surface area contributed by atoms with Gasteiger partial charge in [0.1, 0.15) is 5.78 Å². The number of hydrogen-bond donors (Lipinski definition) is 1. The first-order chi connectivity index (χ1) is 9.06. The number of aliphatic carboxylic acids is 1. The number of carboxylic acids is 1. The highest BCUT2D eigenvalue weighted by Crippen LogP contribution is 2.16. The minimum atomic E-state index is -1.04. The summed E-state index contributed by atoms with van der Waals surface area (Å²) >= 11 is 3.09. The van der Waals surface area contributed by atoms with Crippen LogP contribution < -0.4 is 0 Å². The van der Waals surface area contributed by atoms with Crippen LogP contribution in [0.4, 0.5) is 0 Å². The van der Waals surface area contributed by atoms with Crippen LogP contribution in [0.3, 0.4) is 0 Å². The van der Waals surface area contributed by atoms with E-state index in [1.807, 2.05) is 6.07 Å². The van der Waals surface area contributed by atoms with E-state index in [1.165, 1.54) is 6.08 Å². The number of carbonyl (C=O) groups excluding carboxylic acids is 1. The van der Waals surface area contributed by atoms with Crippen LogP contribution in [-0.2, 0) is 22.4 Å². The van der Waals surface area contributed by atoms with Gasteiger partial charge in [-0.05, 0) is 22.8 Å². The van der Waals surface area contributed by atoms with Crippen LogP contribution in [-0.4, -0.2) is 22.2 Å². The Kier molecular flexibility index (Phi) is 5.97. The van der Waals surface area contributed by atoms with Crippen molar-refractivity contribution in [2.75, 3.05) is 5.33 Å². The summed E-state index contributed by atoms with van der Waals surface area (Å²) in [6.45, 7) is 0. The minimum absolute atomic E-state index is 0.000849. The van der Waals surface area contributed by atoms with E-state index in [0.717, 1.165) is 17.2 Å². The van der Waals surface area contributed by atoms with E-state index in [-0.39, 0.29) is 24.0 Å². The topological polar surface area (TPSA) is 78.2 Å². The Morgan fingerprint density at radius 3 is 2.74 bits per heavy atom. The van der Waals surface area contributed by atoms with E-state index >= 15 is 0 Å². The van der Waals surface area contributed by atoms with Gasteiger partial charge in [0.15, 0.2) is 0 Å². The Morgan fingerprint density at radius 2 is 2.16 bits per heavy atom. The third-order valence-electron chi connectivity index (χ3n) is 2.43. The molecule has 0 saturated carbocycles. The normalized spacial score (nSPS) is 10.3. The molecule has 4 nitrogen and oxygen atoms in total. The van der Waals surface area contributed by atoms with Crippen molar-refractivity contribution in [2.24, 2.45) is 0 Å². The lowest BCUT2D eigenvalue weighted by molar-refractivity contribution is -0.131. The number of nitriles is 1. The minimum Gasteiger partial charge on any atom is -0.478 e. The van der Waals surface area contributed by atoms with Crippen molar-refractivity contribution in [3.63, 3.8) is 0 Å². The number of Topliss-reactive ketones (excluding diaryl/α,β-unsaturated/α-hetero) is 1. The summed E-state index contributed by atoms with van der Waals surface area (Å²) in [6.07, 6.45) is 2.96. The molecule has 0 spiro atoms. The van der Waals surface area contributed by atoms with E-state index in [4.69, 9.17) is 10.4 Å². The van der Waals surface area contributed by atoms with E-state index < -0.39 is 5.97 Å². The number of alkyl halides is 1. The van der Waals surface area contributed by atoms with E-state index in [0.29, 0.717) is 5.56 Å². The molecule has 0 fully saturated rings. The highest BCUT2D eigenvalue weighted by molar-refractivity contribution is 9.09. The summed E-state index contributed by atoms with van der Waals surface area (Å²) < 4.78 is 0. The highest BCUT2D eigenvalue weighted by Gasteiger charge is 2.07. The van der Waals surface area contributed by atoms with Crippen molar-refractivity contribution in [1.82, 2.24) is 0 Å². The summed E-state index contributed by atoms with van der Waals surface area (Å²) in [6, 6.07) is 7.29. The van der Waals surface area contributed by atoms with Gasteiger partial charge in [0.05, 0.1) is 17.8 Å². The molecule has 19 heavy (non-hydrogen) atoms. The van der Waals surface area contributed by atoms with E-state index in [9.17, 15) is 9.59 Å². The molecule has 0 aliphatic rings. The zero-order valence-corrected chi connectivity index (χ0v) is 11.7. The molecular weight excluding hydrogens is 310 g/mol. The summed E-state index contributed by atoms with van der Waals surface area (Å²) in [5.41, 5.74) is 2.22. The predicted octanol–water partition coefficient (Wildman–Crippen LogP) is 2.36. The van der Waals surface area contributed by atoms with Crippen molar-refractivity contribution in [2.45, 2.75) is 12.8 Å². The largest absolute Gasteiger partial charge is 0.478 e.